The van der Waals surface area contributed by atoms with Crippen molar-refractivity contribution >= 4 is 40.3 Å². The average molecular weight is 1070 g/mol. The van der Waals surface area contributed by atoms with Gasteiger partial charge in [0.25, 0.3) is 5.88 Å². The predicted octanol–water partition coefficient (Wildman–Crippen LogP) is 6.53. The van der Waals surface area contributed by atoms with Crippen LogP contribution in [0.25, 0.3) is 21.7 Å². The number of aromatic nitrogens is 5. The normalized spacial score (nSPS) is 21.8. The molecule has 2 amide bonds. The van der Waals surface area contributed by atoms with E-state index in [0.29, 0.717) is 61.1 Å². The Labute approximate surface area is 452 Å². The number of benzene rings is 2. The first kappa shape index (κ1) is 53.5. The number of aromatic hydroxyl groups is 1. The number of thiazole rings is 1. The number of rotatable bonds is 18. The third kappa shape index (κ3) is 12.1. The number of aryl methyl sites for hydroxylation is 1. The zero-order valence-corrected chi connectivity index (χ0v) is 45.1. The van der Waals surface area contributed by atoms with Crippen LogP contribution in [0.5, 0.6) is 17.5 Å². The van der Waals surface area contributed by atoms with Gasteiger partial charge in [0.05, 0.1) is 39.6 Å². The number of ether oxygens (including phenoxy) is 2. The van der Waals surface area contributed by atoms with Gasteiger partial charge in [0.2, 0.25) is 17.7 Å². The number of hydrogen-bond acceptors (Lipinski definition) is 18. The second-order valence-electron chi connectivity index (χ2n) is 21.3. The van der Waals surface area contributed by atoms with E-state index in [-0.39, 0.29) is 66.0 Å². The summed E-state index contributed by atoms with van der Waals surface area (Å²) >= 11 is 1.59. The fourth-order valence-electron chi connectivity index (χ4n) is 11.5. The maximum atomic E-state index is 14.3. The topological polar surface area (TPSA) is 225 Å². The first-order valence-electron chi connectivity index (χ1n) is 26.7. The third-order valence-electron chi connectivity index (χ3n) is 15.7. The van der Waals surface area contributed by atoms with E-state index in [4.69, 9.17) is 19.7 Å². The lowest BCUT2D eigenvalue weighted by molar-refractivity contribution is -0.141. The van der Waals surface area contributed by atoms with Crippen LogP contribution in [0.4, 0.5) is 21.6 Å². The lowest BCUT2D eigenvalue weighted by Crippen LogP contribution is -2.53. The molecule has 5 N–H and O–H groups in total. The fourth-order valence-corrected chi connectivity index (χ4v) is 12.3. The van der Waals surface area contributed by atoms with Gasteiger partial charge in [-0.3, -0.25) is 19.4 Å². The number of amides is 2. The second kappa shape index (κ2) is 23.3. The van der Waals surface area contributed by atoms with Crippen LogP contribution < -0.4 is 30.3 Å². The van der Waals surface area contributed by atoms with Crippen LogP contribution in [0, 0.1) is 24.6 Å². The van der Waals surface area contributed by atoms with Crippen molar-refractivity contribution in [3.05, 3.63) is 101 Å². The molecule has 0 aliphatic carbocycles. The number of halogens is 1. The number of phenolic OH excluding ortho intramolecular Hbond substituents is 1. The summed E-state index contributed by atoms with van der Waals surface area (Å²) in [7, 11) is 0. The summed E-state index contributed by atoms with van der Waals surface area (Å²) in [6.07, 6.45) is 3.11. The number of nitrogens with zero attached hydrogens (tertiary/aromatic N) is 10. The minimum absolute atomic E-state index is 0.0439. The molecule has 2 bridgehead atoms. The number of phenols is 1. The van der Waals surface area contributed by atoms with Crippen molar-refractivity contribution in [2.75, 3.05) is 87.7 Å². The van der Waals surface area contributed by atoms with Gasteiger partial charge in [-0.05, 0) is 92.1 Å². The van der Waals surface area contributed by atoms with Crippen LogP contribution in [0.1, 0.15) is 75.9 Å². The van der Waals surface area contributed by atoms with E-state index in [1.54, 1.807) is 29.7 Å². The van der Waals surface area contributed by atoms with Crippen molar-refractivity contribution < 1.29 is 38.2 Å². The highest BCUT2D eigenvalue weighted by molar-refractivity contribution is 7.13. The molecule has 7 atom stereocenters. The molecule has 10 rings (SSSR count). The molecule has 408 valence electrons. The number of likely N-dealkylation sites (tertiary alicyclic amines) is 1. The van der Waals surface area contributed by atoms with Gasteiger partial charge in [-0.15, -0.1) is 21.5 Å². The monoisotopic (exact) mass is 1070 g/mol. The number of aliphatic hydroxyl groups is 1. The zero-order chi connectivity index (χ0) is 53.9. The number of pyridine rings is 1. The smallest absolute Gasteiger partial charge is 0.254 e. The number of piperazine rings is 1. The number of fused-ring (bicyclic) bond motifs is 2. The highest BCUT2D eigenvalue weighted by Gasteiger charge is 2.44. The lowest BCUT2D eigenvalue weighted by Gasteiger charge is -2.39. The molecule has 6 aromatic rings. The van der Waals surface area contributed by atoms with Gasteiger partial charge < -0.3 is 50.0 Å². The molecule has 19 nitrogen and oxygen atoms in total. The summed E-state index contributed by atoms with van der Waals surface area (Å²) in [4.78, 5) is 49.0. The minimum atomic E-state index is -0.839. The summed E-state index contributed by atoms with van der Waals surface area (Å²) in [5.74, 6) is -0.0961. The Kier molecular flexibility index (Phi) is 16.2. The number of β-amino-alcohol motifs (C(OH)–C–C–N with tert-alkyl or cyclic N) is 1. The molecular formula is C56H69FN12O7S. The molecule has 4 fully saturated rings. The Morgan fingerprint density at radius 1 is 0.922 bits per heavy atom. The molecule has 4 saturated heterocycles. The summed E-state index contributed by atoms with van der Waals surface area (Å²) < 4.78 is 32.2. The summed E-state index contributed by atoms with van der Waals surface area (Å²) in [6.45, 7) is 17.3. The summed E-state index contributed by atoms with van der Waals surface area (Å²) in [5.41, 5.74) is 13.6. The second-order valence-corrected chi connectivity index (χ2v) is 22.2. The quantitative estimate of drug-likeness (QED) is 0.0718. The minimum Gasteiger partial charge on any atom is -0.507 e. The van der Waals surface area contributed by atoms with Crippen molar-refractivity contribution in [3.8, 4) is 39.2 Å². The largest absolute Gasteiger partial charge is 0.507 e. The van der Waals surface area contributed by atoms with Crippen LogP contribution in [0.3, 0.4) is 0 Å². The Balaban J connectivity index is 0.670. The highest BCUT2D eigenvalue weighted by Crippen LogP contribution is 2.39. The van der Waals surface area contributed by atoms with Crippen LogP contribution in [-0.4, -0.2) is 158 Å². The van der Waals surface area contributed by atoms with Gasteiger partial charge in [-0.25, -0.2) is 14.4 Å². The number of aliphatic hydroxyl groups excluding tert-OH is 1. The Hall–Kier alpha value is -6.94. The molecule has 0 radical (unpaired) electrons. The van der Waals surface area contributed by atoms with Crippen LogP contribution in [-0.2, 0) is 9.59 Å². The van der Waals surface area contributed by atoms with Gasteiger partial charge >= 0.3 is 0 Å². The molecule has 0 spiro atoms. The number of nitrogen functional groups attached to an aromatic ring is 1. The molecule has 2 aromatic carbocycles. The number of carbonyl (C=O) groups is 2. The van der Waals surface area contributed by atoms with E-state index in [0.717, 1.165) is 79.5 Å². The highest BCUT2D eigenvalue weighted by atomic mass is 32.1. The van der Waals surface area contributed by atoms with Gasteiger partial charge in [0.1, 0.15) is 36.7 Å². The third-order valence-corrected chi connectivity index (χ3v) is 16.7. The van der Waals surface area contributed by atoms with Gasteiger partial charge in [-0.1, -0.05) is 38.1 Å². The van der Waals surface area contributed by atoms with Crippen molar-refractivity contribution in [2.45, 2.75) is 90.1 Å². The number of hydrogen-bond donors (Lipinski definition) is 4. The van der Waals surface area contributed by atoms with Gasteiger partial charge in [0, 0.05) is 107 Å². The Morgan fingerprint density at radius 2 is 1.73 bits per heavy atom. The standard InChI is InChI=1S/C56H69FN12O7S/c1-33(2)52(56(73)69-31-43(70)25-47(69)55(72)61-35(4)38-6-8-39(9-7-38)53-36(5)60-32-77-53)49-27-51(64-76-49)75-20-18-65-16-17-66(34(3)28-65)19-21-74-50-24-41(12-14-59-50)68-29-37-13-15-67(30-42(68)22-37)46-26-45(62-63-54(46)58)44-23-40(57)10-11-48(44)71/h6-12,14,23-24,26-27,32-35,37,42-43,47,52,70-71H,13,15-22,25,28-31H2,1-5H3,(H2,58,63)(H,61,72)/t34-,35+,37?,42?,43-,47+,52-/m1/s1. The van der Waals surface area contributed by atoms with E-state index in [9.17, 15) is 24.2 Å². The van der Waals surface area contributed by atoms with E-state index >= 15 is 0 Å². The van der Waals surface area contributed by atoms with Crippen molar-refractivity contribution in [1.29, 1.82) is 0 Å². The number of nitrogens with one attached hydrogen (secondary N) is 1. The lowest BCUT2D eigenvalue weighted by atomic mass is 9.91. The number of nitrogens with two attached hydrogens (primary N) is 1. The molecular weight excluding hydrogens is 1000 g/mol. The zero-order valence-electron chi connectivity index (χ0n) is 44.3. The molecule has 4 aliphatic rings. The maximum Gasteiger partial charge on any atom is 0.254 e. The predicted molar refractivity (Wildman–Crippen MR) is 291 cm³/mol. The fraction of sp³-hybridized carbons (Fsp3) is 0.482. The van der Waals surface area contributed by atoms with Crippen LogP contribution in [0.15, 0.2) is 83.0 Å². The van der Waals surface area contributed by atoms with Crippen molar-refractivity contribution in [3.63, 3.8) is 0 Å². The molecule has 2 unspecified atom stereocenters. The molecule has 4 aromatic heterocycles. The molecule has 0 saturated carbocycles. The Bertz CT molecular complexity index is 3020. The SMILES string of the molecule is Cc1ncsc1-c1ccc([C@H](C)NC(=O)[C@@H]2C[C@@H](O)CN2C(=O)[C@@H](c2cc(OCCN3CCN(CCOc4cc(N5CC6CCN(c7cc(-c8cc(F)ccc8O)nnc7N)CC5C6)ccn4)[C@H](C)C3)no2)C(C)C)cc1. The summed E-state index contributed by atoms with van der Waals surface area (Å²) in [5, 5.41) is 36.8. The van der Waals surface area contributed by atoms with Gasteiger partial charge in [0.15, 0.2) is 11.6 Å². The first-order chi connectivity index (χ1) is 37.1. The molecule has 21 heteroatoms. The van der Waals surface area contributed by atoms with E-state index in [1.807, 2.05) is 69.6 Å². The van der Waals surface area contributed by atoms with E-state index in [1.165, 1.54) is 23.1 Å². The number of carbonyl (C=O) groups excluding carboxylic acids is 2. The van der Waals surface area contributed by atoms with E-state index in [2.05, 4.69) is 57.2 Å². The molecule has 8 heterocycles. The van der Waals surface area contributed by atoms with Crippen LogP contribution in [0.2, 0.25) is 0 Å². The van der Waals surface area contributed by atoms with Crippen molar-refractivity contribution in [1.82, 2.24) is 45.3 Å². The number of anilines is 3. The first-order valence-corrected chi connectivity index (χ1v) is 27.6. The van der Waals surface area contributed by atoms with Gasteiger partial charge in [-0.2, -0.15) is 0 Å². The Morgan fingerprint density at radius 3 is 2.51 bits per heavy atom. The van der Waals surface area contributed by atoms with Crippen LogP contribution >= 0.6 is 11.3 Å². The summed E-state index contributed by atoms with van der Waals surface area (Å²) in [6, 6.07) is 18.6. The van der Waals surface area contributed by atoms with Crippen molar-refractivity contribution in [2.24, 2.45) is 11.8 Å². The maximum absolute atomic E-state index is 14.3. The van der Waals surface area contributed by atoms with E-state index < -0.39 is 23.9 Å². The molecule has 4 aliphatic heterocycles. The average Bonchev–Trinajstić information content (AvgIpc) is 4.23. The molecule has 77 heavy (non-hydrogen) atoms.